The number of nitrogens with two attached hydrogens (primary N) is 1. The van der Waals surface area contributed by atoms with Crippen LogP contribution < -0.4 is 15.2 Å². The Morgan fingerprint density at radius 1 is 1.05 bits per heavy atom. The van der Waals surface area contributed by atoms with Crippen molar-refractivity contribution < 1.29 is 9.47 Å². The van der Waals surface area contributed by atoms with Crippen molar-refractivity contribution in [3.8, 4) is 23.1 Å². The molecule has 0 saturated heterocycles. The predicted octanol–water partition coefficient (Wildman–Crippen LogP) is 2.31. The van der Waals surface area contributed by atoms with Gasteiger partial charge in [-0.2, -0.15) is 15.0 Å². The van der Waals surface area contributed by atoms with E-state index in [4.69, 9.17) is 15.2 Å². The lowest BCUT2D eigenvalue weighted by Gasteiger charge is -2.10. The summed E-state index contributed by atoms with van der Waals surface area (Å²) in [5.41, 5.74) is 6.47. The van der Waals surface area contributed by atoms with Gasteiger partial charge < -0.3 is 15.2 Å². The van der Waals surface area contributed by atoms with Crippen LogP contribution in [-0.4, -0.2) is 28.2 Å². The largest absolute Gasteiger partial charge is 0.493 e. The molecule has 0 aliphatic rings. The molecule has 0 aliphatic heterocycles. The maximum absolute atomic E-state index is 5.70. The lowest BCUT2D eigenvalue weighted by molar-refractivity contribution is 0.311. The fourth-order valence-corrected chi connectivity index (χ4v) is 1.68. The molecule has 2 aromatic rings. The van der Waals surface area contributed by atoms with Crippen LogP contribution in [0.2, 0.25) is 0 Å². The molecule has 0 amide bonds. The molecule has 106 valence electrons. The highest BCUT2D eigenvalue weighted by Gasteiger charge is 2.12. The van der Waals surface area contributed by atoms with Crippen LogP contribution in [0.15, 0.2) is 24.3 Å². The molecule has 0 bridgehead atoms. The monoisotopic (exact) mass is 274 g/mol. The standard InChI is InChI=1S/C14H18N4O2/c1-3-9-20-11-8-6-5-7-10(11)12-16-13(15)18-14(17-12)19-4-2/h5-8H,3-4,9H2,1-2H3,(H2,15,16,17,18). The Kier molecular flexibility index (Phi) is 4.70. The number of rotatable bonds is 6. The summed E-state index contributed by atoms with van der Waals surface area (Å²) in [5.74, 6) is 1.30. The summed E-state index contributed by atoms with van der Waals surface area (Å²) in [7, 11) is 0. The second-order valence-corrected chi connectivity index (χ2v) is 4.08. The highest BCUT2D eigenvalue weighted by molar-refractivity contribution is 5.64. The Morgan fingerprint density at radius 2 is 1.85 bits per heavy atom. The van der Waals surface area contributed by atoms with Gasteiger partial charge in [0.05, 0.1) is 18.8 Å². The second-order valence-electron chi connectivity index (χ2n) is 4.08. The van der Waals surface area contributed by atoms with Gasteiger partial charge in [-0.25, -0.2) is 0 Å². The normalized spacial score (nSPS) is 10.3. The number of aromatic nitrogens is 3. The van der Waals surface area contributed by atoms with Gasteiger partial charge in [-0.05, 0) is 25.5 Å². The molecule has 1 aromatic carbocycles. The zero-order valence-electron chi connectivity index (χ0n) is 11.7. The quantitative estimate of drug-likeness (QED) is 0.870. The van der Waals surface area contributed by atoms with Crippen molar-refractivity contribution in [2.75, 3.05) is 18.9 Å². The lowest BCUT2D eigenvalue weighted by atomic mass is 10.2. The summed E-state index contributed by atoms with van der Waals surface area (Å²) in [5, 5.41) is 0. The summed E-state index contributed by atoms with van der Waals surface area (Å²) in [6, 6.07) is 7.79. The van der Waals surface area contributed by atoms with E-state index in [1.807, 2.05) is 31.2 Å². The molecule has 0 unspecified atom stereocenters. The van der Waals surface area contributed by atoms with Gasteiger partial charge in [0.2, 0.25) is 5.95 Å². The summed E-state index contributed by atoms with van der Waals surface area (Å²) in [4.78, 5) is 12.3. The van der Waals surface area contributed by atoms with Crippen LogP contribution in [0.4, 0.5) is 5.95 Å². The average Bonchev–Trinajstić information content (AvgIpc) is 2.45. The highest BCUT2D eigenvalue weighted by Crippen LogP contribution is 2.28. The van der Waals surface area contributed by atoms with E-state index in [-0.39, 0.29) is 12.0 Å². The first-order valence-corrected chi connectivity index (χ1v) is 6.61. The van der Waals surface area contributed by atoms with E-state index in [0.717, 1.165) is 17.7 Å². The number of para-hydroxylation sites is 1. The number of benzene rings is 1. The molecular weight excluding hydrogens is 256 g/mol. The van der Waals surface area contributed by atoms with Crippen LogP contribution in [0, 0.1) is 0 Å². The first kappa shape index (κ1) is 14.0. The van der Waals surface area contributed by atoms with Crippen molar-refractivity contribution in [3.05, 3.63) is 24.3 Å². The molecule has 20 heavy (non-hydrogen) atoms. The molecule has 1 heterocycles. The zero-order valence-corrected chi connectivity index (χ0v) is 11.7. The third-order valence-corrected chi connectivity index (χ3v) is 2.50. The van der Waals surface area contributed by atoms with Gasteiger partial charge in [-0.15, -0.1) is 0 Å². The van der Waals surface area contributed by atoms with E-state index in [0.29, 0.717) is 19.0 Å². The average molecular weight is 274 g/mol. The van der Waals surface area contributed by atoms with Gasteiger partial charge in [0.1, 0.15) is 5.75 Å². The number of ether oxygens (including phenoxy) is 2. The molecule has 2 N–H and O–H groups in total. The second kappa shape index (κ2) is 6.70. The van der Waals surface area contributed by atoms with Crippen LogP contribution in [0.1, 0.15) is 20.3 Å². The highest BCUT2D eigenvalue weighted by atomic mass is 16.5. The van der Waals surface area contributed by atoms with Crippen LogP contribution in [0.25, 0.3) is 11.4 Å². The number of anilines is 1. The number of nitrogens with zero attached hydrogens (tertiary/aromatic N) is 3. The molecule has 0 aliphatic carbocycles. The molecule has 0 saturated carbocycles. The van der Waals surface area contributed by atoms with Crippen LogP contribution in [-0.2, 0) is 0 Å². The third-order valence-electron chi connectivity index (χ3n) is 2.50. The molecule has 0 fully saturated rings. The molecule has 6 nitrogen and oxygen atoms in total. The van der Waals surface area contributed by atoms with E-state index in [1.54, 1.807) is 0 Å². The van der Waals surface area contributed by atoms with Crippen molar-refractivity contribution in [3.63, 3.8) is 0 Å². The van der Waals surface area contributed by atoms with Crippen molar-refractivity contribution in [1.82, 2.24) is 15.0 Å². The van der Waals surface area contributed by atoms with Crippen molar-refractivity contribution in [2.24, 2.45) is 0 Å². The van der Waals surface area contributed by atoms with Crippen LogP contribution in [0.5, 0.6) is 11.8 Å². The van der Waals surface area contributed by atoms with Crippen molar-refractivity contribution in [2.45, 2.75) is 20.3 Å². The first-order chi connectivity index (χ1) is 9.74. The van der Waals surface area contributed by atoms with Gasteiger partial charge in [0, 0.05) is 0 Å². The molecule has 0 radical (unpaired) electrons. The number of hydrogen-bond donors (Lipinski definition) is 1. The Bertz CT molecular complexity index is 575. The van der Waals surface area contributed by atoms with E-state index in [2.05, 4.69) is 21.9 Å². The van der Waals surface area contributed by atoms with Gasteiger partial charge in [-0.3, -0.25) is 0 Å². The first-order valence-electron chi connectivity index (χ1n) is 6.61. The van der Waals surface area contributed by atoms with Gasteiger partial charge in [0.15, 0.2) is 5.82 Å². The van der Waals surface area contributed by atoms with Crippen molar-refractivity contribution >= 4 is 5.95 Å². The summed E-state index contributed by atoms with van der Waals surface area (Å²) >= 11 is 0. The summed E-state index contributed by atoms with van der Waals surface area (Å²) < 4.78 is 11.0. The van der Waals surface area contributed by atoms with E-state index in [1.165, 1.54) is 0 Å². The Hall–Kier alpha value is -2.37. The van der Waals surface area contributed by atoms with Gasteiger partial charge in [0.25, 0.3) is 0 Å². The van der Waals surface area contributed by atoms with E-state index >= 15 is 0 Å². The zero-order chi connectivity index (χ0) is 14.4. The molecule has 2 rings (SSSR count). The van der Waals surface area contributed by atoms with E-state index < -0.39 is 0 Å². The fourth-order valence-electron chi connectivity index (χ4n) is 1.68. The van der Waals surface area contributed by atoms with Gasteiger partial charge >= 0.3 is 6.01 Å². The number of nitrogen functional groups attached to an aromatic ring is 1. The number of hydrogen-bond acceptors (Lipinski definition) is 6. The summed E-state index contributed by atoms with van der Waals surface area (Å²) in [6.07, 6.45) is 0.928. The smallest absolute Gasteiger partial charge is 0.321 e. The fraction of sp³-hybridized carbons (Fsp3) is 0.357. The third kappa shape index (κ3) is 3.34. The maximum Gasteiger partial charge on any atom is 0.321 e. The minimum atomic E-state index is 0.128. The maximum atomic E-state index is 5.70. The Balaban J connectivity index is 2.40. The molecule has 0 spiro atoms. The van der Waals surface area contributed by atoms with Crippen molar-refractivity contribution in [1.29, 1.82) is 0 Å². The molecule has 0 atom stereocenters. The summed E-state index contributed by atoms with van der Waals surface area (Å²) in [6.45, 7) is 5.02. The lowest BCUT2D eigenvalue weighted by Crippen LogP contribution is -2.05. The minimum Gasteiger partial charge on any atom is -0.493 e. The van der Waals surface area contributed by atoms with Gasteiger partial charge in [-0.1, -0.05) is 19.1 Å². The molecule has 6 heteroatoms. The van der Waals surface area contributed by atoms with Crippen LogP contribution >= 0.6 is 0 Å². The topological polar surface area (TPSA) is 83.2 Å². The molecule has 1 aromatic heterocycles. The Morgan fingerprint density at radius 3 is 2.60 bits per heavy atom. The predicted molar refractivity (Wildman–Crippen MR) is 76.6 cm³/mol. The van der Waals surface area contributed by atoms with Crippen LogP contribution in [0.3, 0.4) is 0 Å². The SMILES string of the molecule is CCCOc1ccccc1-c1nc(N)nc(OCC)n1. The minimum absolute atomic E-state index is 0.128. The molecular formula is C14H18N4O2. The Labute approximate surface area is 118 Å². The van der Waals surface area contributed by atoms with E-state index in [9.17, 15) is 0 Å².